The summed E-state index contributed by atoms with van der Waals surface area (Å²) in [7, 11) is 8.93. The Bertz CT molecular complexity index is 759. The van der Waals surface area contributed by atoms with Crippen molar-refractivity contribution < 1.29 is 14.4 Å². The minimum atomic E-state index is -2.52. The molecule has 0 spiro atoms. The standard InChI is InChI=1S/3C8H11P.2ClH.N.Re/c3*1-9(2)8-6-4-3-5-7-8;;;;/h3*3-7H,1-2H3;2*1H;;/q;;;;;;+2/p+1. The first-order valence-electron chi connectivity index (χ1n) is 9.94. The molecule has 0 heterocycles. The summed E-state index contributed by atoms with van der Waals surface area (Å²) in [6.45, 7) is 13.8. The second-order valence-electron chi connectivity index (χ2n) is 7.28. The fourth-order valence-corrected chi connectivity index (χ4v) is 4.89. The van der Waals surface area contributed by atoms with Gasteiger partial charge in [0.1, 0.15) is 0 Å². The van der Waals surface area contributed by atoms with Gasteiger partial charge in [-0.3, -0.25) is 0 Å². The van der Waals surface area contributed by atoms with E-state index in [1.54, 1.807) is 0 Å². The van der Waals surface area contributed by atoms with Gasteiger partial charge in [0.2, 0.25) is 0 Å². The van der Waals surface area contributed by atoms with Crippen LogP contribution in [0.1, 0.15) is 0 Å². The van der Waals surface area contributed by atoms with Gasteiger partial charge in [-0.2, -0.15) is 0 Å². The molecule has 0 fully saturated rings. The number of hydrogen-bond donors (Lipinski definition) is 0. The zero-order valence-corrected chi connectivity index (χ0v) is 26.5. The Kier molecular flexibility index (Phi) is 19.3. The normalized spacial score (nSPS) is 9.90. The Morgan fingerprint density at radius 1 is 0.484 bits per heavy atom. The third-order valence-electron chi connectivity index (χ3n) is 4.05. The van der Waals surface area contributed by atoms with Gasteiger partial charge in [0.05, 0.1) is 55.9 Å². The van der Waals surface area contributed by atoms with E-state index >= 15 is 0 Å². The molecule has 3 aromatic carbocycles. The first-order chi connectivity index (χ1) is 14.6. The quantitative estimate of drug-likeness (QED) is 0.280. The van der Waals surface area contributed by atoms with Crippen LogP contribution in [0.5, 0.6) is 0 Å². The molecule has 3 rings (SSSR count). The topological polar surface area (TPSA) is 23.8 Å². The maximum absolute atomic E-state index is 7.77. The SMILES string of the molecule is C[PH+](C)c1ccccc1.C[PH+](C)c1ccccc1.C[PH+](C)c1ccccc1.[N]#[Re]([Cl])[Cl]. The van der Waals surface area contributed by atoms with Crippen molar-refractivity contribution in [1.29, 1.82) is 3.80 Å². The first kappa shape index (κ1) is 30.9. The second kappa shape index (κ2) is 19.4. The number of benzene rings is 3. The third kappa shape index (κ3) is 18.1. The average molecular weight is 689 g/mol. The summed E-state index contributed by atoms with van der Waals surface area (Å²) in [6.07, 6.45) is 0. The van der Waals surface area contributed by atoms with Crippen molar-refractivity contribution >= 4 is 58.7 Å². The van der Waals surface area contributed by atoms with Crippen LogP contribution in [0.2, 0.25) is 0 Å². The second-order valence-corrected chi connectivity index (χ2v) is 21.9. The maximum atomic E-state index is 7.77. The molecule has 170 valence electrons. The van der Waals surface area contributed by atoms with E-state index in [0.717, 1.165) is 0 Å². The monoisotopic (exact) mass is 688 g/mol. The molecular weight excluding hydrogens is 652 g/mol. The molecule has 7 heteroatoms. The Labute approximate surface area is 206 Å². The van der Waals surface area contributed by atoms with Gasteiger partial charge in [0, 0.05) is 23.8 Å². The van der Waals surface area contributed by atoms with E-state index in [4.69, 9.17) is 22.9 Å². The molecule has 0 bridgehead atoms. The van der Waals surface area contributed by atoms with Crippen molar-refractivity contribution in [2.75, 3.05) is 40.0 Å². The summed E-state index contributed by atoms with van der Waals surface area (Å²) < 4.78 is 7.77. The van der Waals surface area contributed by atoms with Crippen molar-refractivity contribution in [3.63, 3.8) is 0 Å². The fraction of sp³-hybridized carbons (Fsp3) is 0.250. The molecule has 0 aromatic heterocycles. The number of nitrogens with zero attached hydrogens (tertiary/aromatic N) is 1. The molecule has 1 nitrogen and oxygen atoms in total. The van der Waals surface area contributed by atoms with E-state index < -0.39 is 14.4 Å². The Balaban J connectivity index is 0.000000402. The molecule has 0 aliphatic carbocycles. The molecule has 0 N–H and O–H groups in total. The number of hydrogen-bond acceptors (Lipinski definition) is 1. The minimum absolute atomic E-state index is 0.212. The zero-order valence-electron chi connectivity index (χ0n) is 19.2. The van der Waals surface area contributed by atoms with E-state index in [1.165, 1.54) is 15.9 Å². The van der Waals surface area contributed by atoms with Crippen LogP contribution in [-0.4, -0.2) is 40.0 Å². The Hall–Kier alpha value is -0.0977. The van der Waals surface area contributed by atoms with Gasteiger partial charge in [0.15, 0.2) is 0 Å². The van der Waals surface area contributed by atoms with Crippen LogP contribution in [0.4, 0.5) is 0 Å². The van der Waals surface area contributed by atoms with Gasteiger partial charge in [-0.05, 0) is 36.4 Å². The van der Waals surface area contributed by atoms with Crippen molar-refractivity contribution in [3.8, 4) is 0 Å². The average Bonchev–Trinajstić information content (AvgIpc) is 2.76. The summed E-state index contributed by atoms with van der Waals surface area (Å²) in [6, 6.07) is 32.0. The number of halogens is 2. The molecule has 31 heavy (non-hydrogen) atoms. The zero-order chi connectivity index (χ0) is 23.6. The molecule has 0 aliphatic rings. The van der Waals surface area contributed by atoms with Gasteiger partial charge >= 0.3 is 37.2 Å². The van der Waals surface area contributed by atoms with Crippen molar-refractivity contribution in [1.82, 2.24) is 0 Å². The van der Waals surface area contributed by atoms with Crippen molar-refractivity contribution in [2.24, 2.45) is 0 Å². The van der Waals surface area contributed by atoms with E-state index in [2.05, 4.69) is 131 Å². The van der Waals surface area contributed by atoms with E-state index in [0.29, 0.717) is 0 Å². The van der Waals surface area contributed by atoms with Crippen LogP contribution in [0.3, 0.4) is 0 Å². The van der Waals surface area contributed by atoms with Crippen LogP contribution < -0.4 is 15.9 Å². The first-order valence-corrected chi connectivity index (χ1v) is 25.4. The summed E-state index contributed by atoms with van der Waals surface area (Å²) in [5, 5.41) is 4.55. The van der Waals surface area contributed by atoms with E-state index in [-0.39, 0.29) is 23.8 Å². The van der Waals surface area contributed by atoms with E-state index in [9.17, 15) is 0 Å². The molecule has 0 radical (unpaired) electrons. The summed E-state index contributed by atoms with van der Waals surface area (Å²) >= 11 is -2.52. The van der Waals surface area contributed by atoms with Crippen LogP contribution in [-0.2, 0) is 14.4 Å². The predicted molar refractivity (Wildman–Crippen MR) is 152 cm³/mol. The molecule has 3 aromatic rings. The molecular formula is C24H36Cl2NP3Re+3. The van der Waals surface area contributed by atoms with Crippen molar-refractivity contribution in [2.45, 2.75) is 0 Å². The summed E-state index contributed by atoms with van der Waals surface area (Å²) in [4.78, 5) is 0. The van der Waals surface area contributed by atoms with Gasteiger partial charge in [-0.1, -0.05) is 54.6 Å². The Morgan fingerprint density at radius 2 is 0.645 bits per heavy atom. The number of rotatable bonds is 3. The molecule has 0 saturated carbocycles. The Morgan fingerprint density at radius 3 is 0.742 bits per heavy atom. The van der Waals surface area contributed by atoms with Crippen molar-refractivity contribution in [3.05, 3.63) is 91.0 Å². The summed E-state index contributed by atoms with van der Waals surface area (Å²) in [5.74, 6) is 0. The molecule has 0 aliphatic heterocycles. The third-order valence-corrected chi connectivity index (χ3v) is 8.52. The van der Waals surface area contributed by atoms with Gasteiger partial charge < -0.3 is 0 Å². The van der Waals surface area contributed by atoms with Crippen LogP contribution in [0.15, 0.2) is 91.0 Å². The molecule has 0 atom stereocenters. The van der Waals surface area contributed by atoms with Crippen LogP contribution in [0.25, 0.3) is 0 Å². The van der Waals surface area contributed by atoms with Gasteiger partial charge in [-0.25, -0.2) is 0 Å². The molecule has 0 amide bonds. The summed E-state index contributed by atoms with van der Waals surface area (Å²) in [5.41, 5.74) is 0. The van der Waals surface area contributed by atoms with Crippen LogP contribution in [0, 0.1) is 3.80 Å². The van der Waals surface area contributed by atoms with Gasteiger partial charge in [0.25, 0.3) is 0 Å². The van der Waals surface area contributed by atoms with Crippen LogP contribution >= 0.6 is 42.8 Å². The molecule has 0 unspecified atom stereocenters. The molecule has 0 saturated heterocycles. The fourth-order valence-electron chi connectivity index (χ4n) is 2.31. The van der Waals surface area contributed by atoms with Gasteiger partial charge in [-0.15, -0.1) is 0 Å². The van der Waals surface area contributed by atoms with E-state index in [1.807, 2.05) is 0 Å². The predicted octanol–water partition coefficient (Wildman–Crippen LogP) is 6.75.